The number of nitrogens with two attached hydrogens (primary N) is 1. The Kier molecular flexibility index (Phi) is 7.89. The molecule has 3 aromatic rings. The van der Waals surface area contributed by atoms with E-state index in [9.17, 15) is 19.0 Å². The highest BCUT2D eigenvalue weighted by molar-refractivity contribution is 8.32. The number of nitrogen functional groups attached to an aromatic ring is 1. The molecule has 0 saturated carbocycles. The highest BCUT2D eigenvalue weighted by Gasteiger charge is 2.53. The normalized spacial score (nSPS) is 39.3. The lowest BCUT2D eigenvalue weighted by Crippen LogP contribution is -2.38. The van der Waals surface area contributed by atoms with Crippen LogP contribution in [0.4, 0.5) is 14.6 Å². The summed E-state index contributed by atoms with van der Waals surface area (Å²) in [4.78, 5) is 48.4. The van der Waals surface area contributed by atoms with Crippen molar-refractivity contribution >= 4 is 54.6 Å². The number of anilines is 1. The quantitative estimate of drug-likeness (QED) is 0.244. The van der Waals surface area contributed by atoms with Gasteiger partial charge in [0.15, 0.2) is 43.1 Å². The first kappa shape index (κ1) is 29.9. The maximum atomic E-state index is 15.9. The zero-order chi connectivity index (χ0) is 30.0. The largest absolute Gasteiger partial charge is 0.660 e. The van der Waals surface area contributed by atoms with E-state index in [1.807, 2.05) is 4.98 Å². The number of nitrogens with one attached hydrogen (secondary N) is 1. The number of ether oxygens (including phenoxy) is 2. The average Bonchev–Trinajstić information content (AvgIpc) is 3.57. The first-order valence-corrected chi connectivity index (χ1v) is 17.1. The van der Waals surface area contributed by atoms with E-state index in [2.05, 4.69) is 15.0 Å². The number of aromatic nitrogens is 6. The van der Waals surface area contributed by atoms with Crippen LogP contribution in [0.3, 0.4) is 0 Å². The molecule has 0 spiro atoms. The highest BCUT2D eigenvalue weighted by atomic mass is 32.7. The summed E-state index contributed by atoms with van der Waals surface area (Å²) in [7, 11) is 0. The van der Waals surface area contributed by atoms with Gasteiger partial charge in [0.1, 0.15) is 36.3 Å². The maximum Gasteiger partial charge on any atom is 0.330 e. The van der Waals surface area contributed by atoms with Gasteiger partial charge in [0.25, 0.3) is 5.56 Å². The molecule has 6 heterocycles. The fraction of sp³-hybridized carbons (Fsp3) is 0.526. The van der Waals surface area contributed by atoms with E-state index in [0.717, 1.165) is 23.2 Å². The van der Waals surface area contributed by atoms with Gasteiger partial charge in [-0.15, -0.1) is 0 Å². The predicted molar refractivity (Wildman–Crippen MR) is 142 cm³/mol. The van der Waals surface area contributed by atoms with Crippen molar-refractivity contribution in [1.29, 1.82) is 0 Å². The lowest BCUT2D eigenvalue weighted by Gasteiger charge is -2.33. The number of nitrogens with zero attached hydrogens (tertiary/aromatic N) is 5. The molecule has 0 bridgehead atoms. The molecule has 23 heteroatoms. The maximum absolute atomic E-state index is 15.9. The van der Waals surface area contributed by atoms with Crippen LogP contribution < -0.4 is 17.0 Å². The fourth-order valence-electron chi connectivity index (χ4n) is 4.74. The van der Waals surface area contributed by atoms with Gasteiger partial charge in [0.2, 0.25) is 0 Å². The Balaban J connectivity index is 1.28. The van der Waals surface area contributed by atoms with Crippen LogP contribution in [0.2, 0.25) is 0 Å². The Bertz CT molecular complexity index is 1730. The van der Waals surface area contributed by atoms with Crippen molar-refractivity contribution in [2.24, 2.45) is 0 Å². The van der Waals surface area contributed by atoms with E-state index in [4.69, 9.17) is 57.4 Å². The molecular formula is C19H20F2N7O10P2S2-. The van der Waals surface area contributed by atoms with Gasteiger partial charge >= 0.3 is 12.4 Å². The summed E-state index contributed by atoms with van der Waals surface area (Å²) in [6.07, 6.45) is -10.3. The lowest BCUT2D eigenvalue weighted by atomic mass is 10.1. The van der Waals surface area contributed by atoms with Gasteiger partial charge in [0.05, 0.1) is 19.5 Å². The van der Waals surface area contributed by atoms with Gasteiger partial charge in [-0.3, -0.25) is 28.0 Å². The molecule has 228 valence electrons. The monoisotopic (exact) mass is 670 g/mol. The molecule has 6 rings (SSSR count). The predicted octanol–water partition coefficient (Wildman–Crippen LogP) is 0.119. The van der Waals surface area contributed by atoms with Gasteiger partial charge in [-0.05, 0) is 11.8 Å². The van der Waals surface area contributed by atoms with Crippen molar-refractivity contribution in [3.8, 4) is 0 Å². The summed E-state index contributed by atoms with van der Waals surface area (Å²) in [5, 5.41) is 0. The molecule has 3 aliphatic heterocycles. The molecule has 17 nitrogen and oxygen atoms in total. The number of alkyl halides is 2. The molecule has 4 N–H and O–H groups in total. The standard InChI is InChI=1S/C19H21F2N7O10P2S2/c20-10-13-7(35-17(10)27-2-1-9(29)26-19(27)30)3-33-40(32,42)38-14-8(4-34-39(31,41)37-13)36-18(11(14)21)28-6-25-12-15(22)23-5-24-16(12)28/h1-2,5-8,10-11,13-14,17-18H,3-4H2,(H,31,41)(H,32,42)(H2,22,23,24)(H,26,29,30)/p-1/t7-,8-,10-,11-,13-,14-,17?,18-,39?,40?/m1/s1. The van der Waals surface area contributed by atoms with Crippen molar-refractivity contribution < 1.29 is 45.8 Å². The summed E-state index contributed by atoms with van der Waals surface area (Å²) in [6, 6.07) is 0.954. The third kappa shape index (κ3) is 5.59. The number of halogens is 2. The van der Waals surface area contributed by atoms with E-state index in [1.54, 1.807) is 0 Å². The van der Waals surface area contributed by atoms with Gasteiger partial charge in [-0.25, -0.2) is 28.5 Å². The molecule has 3 aromatic heterocycles. The number of fused-ring (bicyclic) bond motifs is 3. The van der Waals surface area contributed by atoms with E-state index in [-0.39, 0.29) is 17.0 Å². The van der Waals surface area contributed by atoms with E-state index in [1.165, 1.54) is 10.9 Å². The van der Waals surface area contributed by atoms with Gasteiger partial charge < -0.3 is 45.9 Å². The summed E-state index contributed by atoms with van der Waals surface area (Å²) < 4.78 is 79.3. The van der Waals surface area contributed by atoms with Crippen LogP contribution in [0.25, 0.3) is 11.2 Å². The third-order valence-electron chi connectivity index (χ3n) is 6.62. The first-order chi connectivity index (χ1) is 19.8. The number of H-pyrrole nitrogens is 1. The van der Waals surface area contributed by atoms with Crippen molar-refractivity contribution in [3.05, 3.63) is 45.8 Å². The molecule has 0 aliphatic carbocycles. The average molecular weight is 670 g/mol. The van der Waals surface area contributed by atoms with Gasteiger partial charge in [-0.1, -0.05) is 0 Å². The second kappa shape index (κ2) is 11.1. The Morgan fingerprint density at radius 2 is 1.69 bits per heavy atom. The summed E-state index contributed by atoms with van der Waals surface area (Å²) in [5.74, 6) is 0.0354. The molecule has 3 unspecified atom stereocenters. The highest BCUT2D eigenvalue weighted by Crippen LogP contribution is 2.55. The topological polar surface area (TPSA) is 217 Å². The molecule has 0 aromatic carbocycles. The number of hydrogen-bond acceptors (Lipinski definition) is 15. The van der Waals surface area contributed by atoms with E-state index < -0.39 is 87.2 Å². The van der Waals surface area contributed by atoms with Crippen molar-refractivity contribution in [2.45, 2.75) is 49.2 Å². The van der Waals surface area contributed by atoms with Crippen LogP contribution in [-0.2, 0) is 56.2 Å². The number of rotatable bonds is 2. The smallest absolute Gasteiger partial charge is 0.330 e. The number of imidazole rings is 1. The Morgan fingerprint density at radius 1 is 1.05 bits per heavy atom. The summed E-state index contributed by atoms with van der Waals surface area (Å²) in [5.41, 5.74) is 4.36. The number of aromatic amines is 1. The minimum atomic E-state index is -4.54. The Hall–Kier alpha value is -2.16. The zero-order valence-electron chi connectivity index (χ0n) is 20.7. The molecular weight excluding hydrogens is 650 g/mol. The fourth-order valence-corrected chi connectivity index (χ4v) is 7.59. The first-order valence-electron chi connectivity index (χ1n) is 12.0. The Morgan fingerprint density at radius 3 is 2.38 bits per heavy atom. The zero-order valence-corrected chi connectivity index (χ0v) is 24.2. The molecule has 3 saturated heterocycles. The molecule has 3 fully saturated rings. The van der Waals surface area contributed by atoms with Crippen LogP contribution in [0.15, 0.2) is 34.5 Å². The molecule has 42 heavy (non-hydrogen) atoms. The molecule has 0 radical (unpaired) electrons. The SMILES string of the molecule is Nc1ncnc2c1ncn2[C@@H]1O[C@@H]2COP(=O)([S-])O[C@@H]3[C@@H](COP(O)(=S)O[C@H]2[C@H]1F)OC(n1ccc(=O)[nH]c1=O)[C@@H]3F. The van der Waals surface area contributed by atoms with E-state index in [0.29, 0.717) is 0 Å². The van der Waals surface area contributed by atoms with Crippen LogP contribution in [-0.4, -0.2) is 83.9 Å². The van der Waals surface area contributed by atoms with Crippen molar-refractivity contribution in [1.82, 2.24) is 29.1 Å². The van der Waals surface area contributed by atoms with Crippen LogP contribution in [0.5, 0.6) is 0 Å². The van der Waals surface area contributed by atoms with Gasteiger partial charge in [0, 0.05) is 12.3 Å². The third-order valence-corrected chi connectivity index (χ3v) is 9.73. The van der Waals surface area contributed by atoms with Crippen LogP contribution >= 0.6 is 13.5 Å². The van der Waals surface area contributed by atoms with Gasteiger partial charge in [-0.2, -0.15) is 0 Å². The number of hydrogen-bond donors (Lipinski definition) is 3. The minimum Gasteiger partial charge on any atom is -0.660 e. The van der Waals surface area contributed by atoms with E-state index >= 15 is 8.78 Å². The Labute approximate surface area is 243 Å². The second-order valence-electron chi connectivity index (χ2n) is 9.27. The van der Waals surface area contributed by atoms with Crippen LogP contribution in [0.1, 0.15) is 12.5 Å². The minimum absolute atomic E-state index is 0.0354. The van der Waals surface area contributed by atoms with Crippen LogP contribution in [0, 0.1) is 0 Å². The second-order valence-corrected chi connectivity index (χ2v) is 14.8. The van der Waals surface area contributed by atoms with Crippen molar-refractivity contribution in [3.63, 3.8) is 0 Å². The summed E-state index contributed by atoms with van der Waals surface area (Å²) in [6.45, 7) is -10.3. The molecule has 0 amide bonds. The summed E-state index contributed by atoms with van der Waals surface area (Å²) >= 11 is 10.0. The molecule has 10 atom stereocenters. The molecule has 3 aliphatic rings. The van der Waals surface area contributed by atoms with Crippen molar-refractivity contribution in [2.75, 3.05) is 18.9 Å². The lowest BCUT2D eigenvalue weighted by molar-refractivity contribution is -0.0578.